The van der Waals surface area contributed by atoms with Crippen LogP contribution in [0.2, 0.25) is 0 Å². The van der Waals surface area contributed by atoms with Crippen LogP contribution in [-0.2, 0) is 11.3 Å². The minimum atomic E-state index is 0.0579. The zero-order valence-corrected chi connectivity index (χ0v) is 11.8. The van der Waals surface area contributed by atoms with Gasteiger partial charge in [-0.05, 0) is 25.8 Å². The highest BCUT2D eigenvalue weighted by atomic mass is 16.5. The summed E-state index contributed by atoms with van der Waals surface area (Å²) in [5.74, 6) is 0.0579. The zero-order chi connectivity index (χ0) is 13.8. The molecule has 1 aromatic rings. The molecule has 2 rings (SSSR count). The van der Waals surface area contributed by atoms with E-state index in [1.165, 1.54) is 0 Å². The predicted octanol–water partition coefficient (Wildman–Crippen LogP) is 1.73. The van der Waals surface area contributed by atoms with Crippen molar-refractivity contribution in [3.8, 4) is 0 Å². The Bertz CT molecular complexity index is 442. The molecule has 0 saturated carbocycles. The molecule has 1 fully saturated rings. The monoisotopic (exact) mass is 265 g/mol. The summed E-state index contributed by atoms with van der Waals surface area (Å²) in [6.45, 7) is 7.04. The van der Waals surface area contributed by atoms with Crippen molar-refractivity contribution in [2.75, 3.05) is 25.4 Å². The number of rotatable bonds is 3. The highest BCUT2D eigenvalue weighted by Gasteiger charge is 2.23. The van der Waals surface area contributed by atoms with E-state index in [-0.39, 0.29) is 12.0 Å². The van der Waals surface area contributed by atoms with Crippen LogP contribution < -0.4 is 5.73 Å². The van der Waals surface area contributed by atoms with Crippen molar-refractivity contribution in [3.63, 3.8) is 0 Å². The maximum Gasteiger partial charge on any atom is 0.270 e. The van der Waals surface area contributed by atoms with Crippen LogP contribution in [0.1, 0.15) is 37.2 Å². The lowest BCUT2D eigenvalue weighted by Gasteiger charge is -2.22. The van der Waals surface area contributed by atoms with Crippen molar-refractivity contribution in [1.82, 2.24) is 9.47 Å². The fourth-order valence-electron chi connectivity index (χ4n) is 2.48. The number of ether oxygens (including phenoxy) is 1. The van der Waals surface area contributed by atoms with Crippen LogP contribution in [0.5, 0.6) is 0 Å². The Kier molecular flexibility index (Phi) is 4.47. The van der Waals surface area contributed by atoms with Crippen LogP contribution in [-0.4, -0.2) is 41.2 Å². The normalized spacial score (nSPS) is 20.3. The number of amides is 1. The summed E-state index contributed by atoms with van der Waals surface area (Å²) >= 11 is 0. The highest BCUT2D eigenvalue weighted by molar-refractivity contribution is 5.93. The third-order valence-electron chi connectivity index (χ3n) is 3.34. The van der Waals surface area contributed by atoms with E-state index in [2.05, 4.69) is 6.92 Å². The van der Waals surface area contributed by atoms with Crippen LogP contribution in [0.4, 0.5) is 5.69 Å². The first-order valence-corrected chi connectivity index (χ1v) is 6.98. The van der Waals surface area contributed by atoms with E-state index in [1.807, 2.05) is 22.6 Å². The van der Waals surface area contributed by atoms with E-state index in [9.17, 15) is 4.79 Å². The van der Waals surface area contributed by atoms with E-state index in [0.717, 1.165) is 32.5 Å². The van der Waals surface area contributed by atoms with E-state index >= 15 is 0 Å². The van der Waals surface area contributed by atoms with Gasteiger partial charge in [-0.1, -0.05) is 6.92 Å². The number of anilines is 1. The maximum atomic E-state index is 12.6. The molecule has 1 atom stereocenters. The van der Waals surface area contributed by atoms with Crippen molar-refractivity contribution in [2.45, 2.75) is 39.3 Å². The topological polar surface area (TPSA) is 60.5 Å². The standard InChI is InChI=1S/C14H23N3O2/c1-3-5-16-10-12(15)8-13(16)14(18)17-6-4-7-19-11(2)9-17/h8,10-11H,3-7,9,15H2,1-2H3. The average molecular weight is 265 g/mol. The largest absolute Gasteiger partial charge is 0.397 e. The fraction of sp³-hybridized carbons (Fsp3) is 0.643. The van der Waals surface area contributed by atoms with Crippen LogP contribution in [0, 0.1) is 0 Å². The predicted molar refractivity (Wildman–Crippen MR) is 75.1 cm³/mol. The van der Waals surface area contributed by atoms with Gasteiger partial charge >= 0.3 is 0 Å². The molecule has 2 N–H and O–H groups in total. The first kappa shape index (κ1) is 13.9. The average Bonchev–Trinajstić information content (AvgIpc) is 2.59. The van der Waals surface area contributed by atoms with Crippen molar-refractivity contribution in [1.29, 1.82) is 0 Å². The Hall–Kier alpha value is -1.49. The number of aryl methyl sites for hydroxylation is 1. The Morgan fingerprint density at radius 3 is 3.11 bits per heavy atom. The number of nitrogens with two attached hydrogens (primary N) is 1. The van der Waals surface area contributed by atoms with Crippen LogP contribution >= 0.6 is 0 Å². The molecule has 1 aliphatic heterocycles. The molecule has 0 aliphatic carbocycles. The van der Waals surface area contributed by atoms with E-state index in [0.29, 0.717) is 17.9 Å². The summed E-state index contributed by atoms with van der Waals surface area (Å²) in [5, 5.41) is 0. The molecule has 0 aromatic carbocycles. The quantitative estimate of drug-likeness (QED) is 0.905. The lowest BCUT2D eigenvalue weighted by molar-refractivity contribution is 0.0556. The summed E-state index contributed by atoms with van der Waals surface area (Å²) in [4.78, 5) is 14.5. The molecule has 1 aromatic heterocycles. The molecular formula is C14H23N3O2. The van der Waals surface area contributed by atoms with Gasteiger partial charge in [0.25, 0.3) is 5.91 Å². The molecule has 1 unspecified atom stereocenters. The van der Waals surface area contributed by atoms with Gasteiger partial charge in [-0.3, -0.25) is 4.79 Å². The summed E-state index contributed by atoms with van der Waals surface area (Å²) in [6.07, 6.45) is 3.81. The molecule has 0 bridgehead atoms. The molecule has 1 saturated heterocycles. The van der Waals surface area contributed by atoms with E-state index in [1.54, 1.807) is 6.07 Å². The first-order valence-electron chi connectivity index (χ1n) is 6.98. The SMILES string of the molecule is CCCn1cc(N)cc1C(=O)N1CCCOC(C)C1. The van der Waals surface area contributed by atoms with Crippen molar-refractivity contribution in [3.05, 3.63) is 18.0 Å². The van der Waals surface area contributed by atoms with Gasteiger partial charge in [0.1, 0.15) is 5.69 Å². The third kappa shape index (κ3) is 3.29. The molecule has 0 spiro atoms. The van der Waals surface area contributed by atoms with Gasteiger partial charge in [0.05, 0.1) is 11.8 Å². The lowest BCUT2D eigenvalue weighted by atomic mass is 10.3. The summed E-state index contributed by atoms with van der Waals surface area (Å²) in [6, 6.07) is 1.77. The second kappa shape index (κ2) is 6.10. The minimum absolute atomic E-state index is 0.0579. The molecule has 1 amide bonds. The van der Waals surface area contributed by atoms with Crippen molar-refractivity contribution < 1.29 is 9.53 Å². The number of hydrogen-bond donors (Lipinski definition) is 1. The Balaban J connectivity index is 2.17. The van der Waals surface area contributed by atoms with Gasteiger partial charge < -0.3 is 19.9 Å². The van der Waals surface area contributed by atoms with Crippen molar-refractivity contribution >= 4 is 11.6 Å². The third-order valence-corrected chi connectivity index (χ3v) is 3.34. The number of nitrogens with zero attached hydrogens (tertiary/aromatic N) is 2. The Morgan fingerprint density at radius 2 is 2.37 bits per heavy atom. The summed E-state index contributed by atoms with van der Waals surface area (Å²) in [5.41, 5.74) is 7.16. The van der Waals surface area contributed by atoms with Crippen LogP contribution in [0.25, 0.3) is 0 Å². The fourth-order valence-corrected chi connectivity index (χ4v) is 2.48. The van der Waals surface area contributed by atoms with Gasteiger partial charge in [0.15, 0.2) is 0 Å². The van der Waals surface area contributed by atoms with Gasteiger partial charge in [0.2, 0.25) is 0 Å². The molecule has 106 valence electrons. The molecular weight excluding hydrogens is 242 g/mol. The number of hydrogen-bond acceptors (Lipinski definition) is 3. The van der Waals surface area contributed by atoms with E-state index < -0.39 is 0 Å². The molecule has 19 heavy (non-hydrogen) atoms. The smallest absolute Gasteiger partial charge is 0.270 e. The van der Waals surface area contributed by atoms with Gasteiger partial charge in [-0.25, -0.2) is 0 Å². The van der Waals surface area contributed by atoms with Gasteiger partial charge in [-0.15, -0.1) is 0 Å². The maximum absolute atomic E-state index is 12.6. The van der Waals surface area contributed by atoms with Crippen molar-refractivity contribution in [2.24, 2.45) is 0 Å². The van der Waals surface area contributed by atoms with E-state index in [4.69, 9.17) is 10.5 Å². The second-order valence-electron chi connectivity index (χ2n) is 5.14. The van der Waals surface area contributed by atoms with Crippen LogP contribution in [0.15, 0.2) is 12.3 Å². The number of carbonyl (C=O) groups excluding carboxylic acids is 1. The number of aromatic nitrogens is 1. The molecule has 5 nitrogen and oxygen atoms in total. The molecule has 0 radical (unpaired) electrons. The lowest BCUT2D eigenvalue weighted by Crippen LogP contribution is -2.37. The molecule has 1 aliphatic rings. The summed E-state index contributed by atoms with van der Waals surface area (Å²) in [7, 11) is 0. The van der Waals surface area contributed by atoms with Gasteiger partial charge in [0, 0.05) is 32.4 Å². The first-order chi connectivity index (χ1) is 9.11. The Labute approximate surface area is 114 Å². The zero-order valence-electron chi connectivity index (χ0n) is 11.8. The second-order valence-corrected chi connectivity index (χ2v) is 5.14. The molecule has 2 heterocycles. The van der Waals surface area contributed by atoms with Crippen LogP contribution in [0.3, 0.4) is 0 Å². The summed E-state index contributed by atoms with van der Waals surface area (Å²) < 4.78 is 7.53. The number of nitrogen functional groups attached to an aromatic ring is 1. The number of carbonyl (C=O) groups is 1. The molecule has 5 heteroatoms. The van der Waals surface area contributed by atoms with Gasteiger partial charge in [-0.2, -0.15) is 0 Å². The Morgan fingerprint density at radius 1 is 1.58 bits per heavy atom. The minimum Gasteiger partial charge on any atom is -0.397 e. The highest BCUT2D eigenvalue weighted by Crippen LogP contribution is 2.16.